The molecule has 8 heteroatoms. The first kappa shape index (κ1) is 17.7. The van der Waals surface area contributed by atoms with Crippen LogP contribution >= 0.6 is 0 Å². The molecular formula is C18H19N5O2S. The Hall–Kier alpha value is -3.10. The molecule has 1 aromatic heterocycles. The van der Waals surface area contributed by atoms with Crippen LogP contribution in [0.15, 0.2) is 71.8 Å². The van der Waals surface area contributed by atoms with Crippen LogP contribution in [0, 0.1) is 0 Å². The third kappa shape index (κ3) is 4.11. The van der Waals surface area contributed by atoms with Gasteiger partial charge in [-0.25, -0.2) is 18.5 Å². The Morgan fingerprint density at radius 3 is 2.42 bits per heavy atom. The molecule has 1 heterocycles. The molecule has 0 radical (unpaired) electrons. The van der Waals surface area contributed by atoms with E-state index in [0.29, 0.717) is 17.2 Å². The van der Waals surface area contributed by atoms with Gasteiger partial charge in [0.2, 0.25) is 10.0 Å². The molecule has 0 bridgehead atoms. The average Bonchev–Trinajstić information content (AvgIpc) is 2.61. The summed E-state index contributed by atoms with van der Waals surface area (Å²) < 4.78 is 23.0. The zero-order chi connectivity index (χ0) is 18.7. The Bertz CT molecular complexity index is 1020. The first-order valence-corrected chi connectivity index (χ1v) is 9.33. The summed E-state index contributed by atoms with van der Waals surface area (Å²) in [5.74, 6) is 0.580. The summed E-state index contributed by atoms with van der Waals surface area (Å²) in [7, 11) is -1.82. The molecule has 0 amide bonds. The highest BCUT2D eigenvalue weighted by Crippen LogP contribution is 2.27. The second kappa shape index (κ2) is 7.03. The second-order valence-electron chi connectivity index (χ2n) is 5.75. The molecule has 0 spiro atoms. The van der Waals surface area contributed by atoms with Gasteiger partial charge in [0, 0.05) is 42.1 Å². The molecule has 7 nitrogen and oxygen atoms in total. The summed E-state index contributed by atoms with van der Waals surface area (Å²) in [5, 5.41) is 8.27. The maximum absolute atomic E-state index is 11.5. The fourth-order valence-electron chi connectivity index (χ4n) is 2.44. The molecule has 0 saturated carbocycles. The molecule has 0 unspecified atom stereocenters. The minimum atomic E-state index is -3.76. The molecule has 0 atom stereocenters. The number of nitrogen functional groups attached to an aromatic ring is 1. The van der Waals surface area contributed by atoms with Gasteiger partial charge in [-0.2, -0.15) is 0 Å². The Kier molecular flexibility index (Phi) is 4.79. The van der Waals surface area contributed by atoms with Crippen LogP contribution < -0.4 is 21.1 Å². The van der Waals surface area contributed by atoms with E-state index in [4.69, 9.17) is 10.9 Å². The van der Waals surface area contributed by atoms with Crippen molar-refractivity contribution >= 4 is 38.6 Å². The van der Waals surface area contributed by atoms with Crippen LogP contribution in [0.1, 0.15) is 0 Å². The van der Waals surface area contributed by atoms with Crippen LogP contribution in [0.4, 0.5) is 28.6 Å². The quantitative estimate of drug-likeness (QED) is 0.596. The van der Waals surface area contributed by atoms with Crippen LogP contribution in [0.5, 0.6) is 0 Å². The SMILES string of the molecule is CN(c1ccc(N)cc1)c1ccnc(Nc2cccc(S(N)(=O)=O)c2)c1. The Labute approximate surface area is 152 Å². The van der Waals surface area contributed by atoms with Crippen LogP contribution in [0.2, 0.25) is 0 Å². The summed E-state index contributed by atoms with van der Waals surface area (Å²) in [6.45, 7) is 0. The van der Waals surface area contributed by atoms with Gasteiger partial charge in [0.15, 0.2) is 0 Å². The normalized spacial score (nSPS) is 11.2. The lowest BCUT2D eigenvalue weighted by molar-refractivity contribution is 0.598. The fourth-order valence-corrected chi connectivity index (χ4v) is 3.00. The lowest BCUT2D eigenvalue weighted by atomic mass is 10.2. The Morgan fingerprint density at radius 2 is 1.73 bits per heavy atom. The predicted molar refractivity (Wildman–Crippen MR) is 104 cm³/mol. The summed E-state index contributed by atoms with van der Waals surface area (Å²) in [4.78, 5) is 6.31. The van der Waals surface area contributed by atoms with E-state index >= 15 is 0 Å². The van der Waals surface area contributed by atoms with Crippen molar-refractivity contribution in [1.82, 2.24) is 4.98 Å². The number of rotatable bonds is 5. The van der Waals surface area contributed by atoms with Crippen molar-refractivity contribution in [3.8, 4) is 0 Å². The zero-order valence-corrected chi connectivity index (χ0v) is 14.9. The first-order valence-electron chi connectivity index (χ1n) is 7.78. The fraction of sp³-hybridized carbons (Fsp3) is 0.0556. The maximum atomic E-state index is 11.5. The number of nitrogens with two attached hydrogens (primary N) is 2. The number of hydrogen-bond acceptors (Lipinski definition) is 6. The summed E-state index contributed by atoms with van der Waals surface area (Å²) in [6.07, 6.45) is 1.68. The molecule has 0 fully saturated rings. The largest absolute Gasteiger partial charge is 0.399 e. The van der Waals surface area contributed by atoms with Crippen LogP contribution in [0.25, 0.3) is 0 Å². The van der Waals surface area contributed by atoms with Gasteiger partial charge in [0.05, 0.1) is 4.90 Å². The van der Waals surface area contributed by atoms with Gasteiger partial charge in [-0.05, 0) is 48.5 Å². The van der Waals surface area contributed by atoms with E-state index in [-0.39, 0.29) is 4.90 Å². The van der Waals surface area contributed by atoms with Crippen LogP contribution in [-0.2, 0) is 10.0 Å². The Balaban J connectivity index is 1.85. The van der Waals surface area contributed by atoms with Gasteiger partial charge in [-0.15, -0.1) is 0 Å². The molecule has 134 valence electrons. The molecule has 0 aliphatic heterocycles. The van der Waals surface area contributed by atoms with Crippen molar-refractivity contribution in [3.05, 3.63) is 66.9 Å². The highest BCUT2D eigenvalue weighted by atomic mass is 32.2. The molecule has 3 aromatic rings. The number of pyridine rings is 1. The van der Waals surface area contributed by atoms with Crippen molar-refractivity contribution in [2.45, 2.75) is 4.90 Å². The lowest BCUT2D eigenvalue weighted by Crippen LogP contribution is -2.12. The second-order valence-corrected chi connectivity index (χ2v) is 7.31. The summed E-state index contributed by atoms with van der Waals surface area (Å²) in [6, 6.07) is 17.5. The molecule has 0 aliphatic rings. The molecule has 26 heavy (non-hydrogen) atoms. The van der Waals surface area contributed by atoms with Gasteiger partial charge in [0.1, 0.15) is 5.82 Å². The maximum Gasteiger partial charge on any atom is 0.238 e. The van der Waals surface area contributed by atoms with Crippen molar-refractivity contribution < 1.29 is 8.42 Å². The van der Waals surface area contributed by atoms with Gasteiger partial charge in [0.25, 0.3) is 0 Å². The number of primary sulfonamides is 1. The number of benzene rings is 2. The average molecular weight is 369 g/mol. The monoisotopic (exact) mass is 369 g/mol. The highest BCUT2D eigenvalue weighted by Gasteiger charge is 2.09. The number of nitrogens with zero attached hydrogens (tertiary/aromatic N) is 2. The van der Waals surface area contributed by atoms with E-state index < -0.39 is 10.0 Å². The molecule has 5 N–H and O–H groups in total. The third-order valence-corrected chi connectivity index (χ3v) is 4.76. The van der Waals surface area contributed by atoms with Gasteiger partial charge in [-0.1, -0.05) is 6.07 Å². The van der Waals surface area contributed by atoms with Gasteiger partial charge < -0.3 is 16.0 Å². The van der Waals surface area contributed by atoms with Gasteiger partial charge >= 0.3 is 0 Å². The van der Waals surface area contributed by atoms with E-state index in [2.05, 4.69) is 10.3 Å². The predicted octanol–water partition coefficient (Wildman–Crippen LogP) is 2.82. The molecule has 0 aliphatic carbocycles. The Morgan fingerprint density at radius 1 is 1.00 bits per heavy atom. The number of nitrogens with one attached hydrogen (secondary N) is 1. The zero-order valence-electron chi connectivity index (χ0n) is 14.1. The van der Waals surface area contributed by atoms with Crippen LogP contribution in [-0.4, -0.2) is 20.4 Å². The minimum absolute atomic E-state index is 0.0395. The van der Waals surface area contributed by atoms with E-state index in [1.807, 2.05) is 48.3 Å². The number of sulfonamides is 1. The topological polar surface area (TPSA) is 114 Å². The summed E-state index contributed by atoms with van der Waals surface area (Å²) >= 11 is 0. The highest BCUT2D eigenvalue weighted by molar-refractivity contribution is 7.89. The van der Waals surface area contributed by atoms with Gasteiger partial charge in [-0.3, -0.25) is 0 Å². The van der Waals surface area contributed by atoms with E-state index in [1.165, 1.54) is 12.1 Å². The summed E-state index contributed by atoms with van der Waals surface area (Å²) in [5.41, 5.74) is 8.90. The van der Waals surface area contributed by atoms with Crippen LogP contribution in [0.3, 0.4) is 0 Å². The molecular weight excluding hydrogens is 350 g/mol. The number of aromatic nitrogens is 1. The van der Waals surface area contributed by atoms with E-state index in [1.54, 1.807) is 18.3 Å². The molecule has 2 aromatic carbocycles. The van der Waals surface area contributed by atoms with Crippen molar-refractivity contribution in [1.29, 1.82) is 0 Å². The first-order chi connectivity index (χ1) is 12.3. The molecule has 3 rings (SSSR count). The number of anilines is 5. The molecule has 0 saturated heterocycles. The van der Waals surface area contributed by atoms with Crippen molar-refractivity contribution in [3.63, 3.8) is 0 Å². The minimum Gasteiger partial charge on any atom is -0.399 e. The number of hydrogen-bond donors (Lipinski definition) is 3. The van der Waals surface area contributed by atoms with E-state index in [0.717, 1.165) is 11.4 Å². The van der Waals surface area contributed by atoms with E-state index in [9.17, 15) is 8.42 Å². The lowest BCUT2D eigenvalue weighted by Gasteiger charge is -2.20. The smallest absolute Gasteiger partial charge is 0.238 e. The van der Waals surface area contributed by atoms with Crippen molar-refractivity contribution in [2.24, 2.45) is 5.14 Å². The standard InChI is InChI=1S/C18H19N5O2S/c1-23(15-7-5-13(19)6-8-15)16-9-10-21-18(12-16)22-14-3-2-4-17(11-14)26(20,24)25/h2-12H,19H2,1H3,(H,21,22)(H2,20,24,25). The third-order valence-electron chi connectivity index (χ3n) is 3.85. The van der Waals surface area contributed by atoms with Crippen molar-refractivity contribution in [2.75, 3.05) is 23.0 Å².